The highest BCUT2D eigenvalue weighted by Crippen LogP contribution is 2.60. The van der Waals surface area contributed by atoms with Gasteiger partial charge < -0.3 is 10.1 Å². The summed E-state index contributed by atoms with van der Waals surface area (Å²) in [6.07, 6.45) is 2.52. The Hall–Kier alpha value is -1.12. The zero-order valence-electron chi connectivity index (χ0n) is 15.8. The summed E-state index contributed by atoms with van der Waals surface area (Å²) >= 11 is 9.09. The van der Waals surface area contributed by atoms with Crippen molar-refractivity contribution in [1.29, 1.82) is 0 Å². The first-order valence-electron chi connectivity index (χ1n) is 9.58. The number of alkyl halides is 2. The van der Waals surface area contributed by atoms with Crippen LogP contribution in [0.1, 0.15) is 50.7 Å². The number of carbonyl (C=O) groups is 1. The summed E-state index contributed by atoms with van der Waals surface area (Å²) in [5.74, 6) is -0.0300. The first-order chi connectivity index (χ1) is 13.2. The van der Waals surface area contributed by atoms with Crippen LogP contribution in [-0.2, 0) is 21.5 Å². The quantitative estimate of drug-likeness (QED) is 0.657. The summed E-state index contributed by atoms with van der Waals surface area (Å²) < 4.78 is 31.0. The molecule has 2 fully saturated rings. The Kier molecular flexibility index (Phi) is 5.03. The second-order valence-electron chi connectivity index (χ2n) is 8.30. The maximum Gasteiger partial charge on any atom is 0.345 e. The van der Waals surface area contributed by atoms with E-state index in [1.165, 1.54) is 0 Å². The molecule has 3 aliphatic rings. The van der Waals surface area contributed by atoms with E-state index in [4.69, 9.17) is 17.0 Å². The van der Waals surface area contributed by atoms with Crippen LogP contribution in [0.4, 0.5) is 8.78 Å². The van der Waals surface area contributed by atoms with Gasteiger partial charge in [-0.1, -0.05) is 22.0 Å². The van der Waals surface area contributed by atoms with Crippen molar-refractivity contribution >= 4 is 39.2 Å². The van der Waals surface area contributed by atoms with Crippen LogP contribution in [0.2, 0.25) is 0 Å². The van der Waals surface area contributed by atoms with Crippen LogP contribution < -0.4 is 5.32 Å². The van der Waals surface area contributed by atoms with Crippen molar-refractivity contribution in [3.8, 4) is 0 Å². The second-order valence-corrected chi connectivity index (χ2v) is 9.61. The van der Waals surface area contributed by atoms with Crippen LogP contribution >= 0.6 is 28.1 Å². The molecule has 1 amide bonds. The van der Waals surface area contributed by atoms with Gasteiger partial charge in [-0.15, -0.1) is 0 Å². The van der Waals surface area contributed by atoms with Crippen molar-refractivity contribution in [3.63, 3.8) is 0 Å². The summed E-state index contributed by atoms with van der Waals surface area (Å²) in [4.78, 5) is 15.5. The molecule has 1 aliphatic heterocycles. The first-order valence-corrected chi connectivity index (χ1v) is 10.8. The molecule has 4 rings (SSSR count). The molecule has 0 bridgehead atoms. The minimum atomic E-state index is -2.76. The molecule has 0 radical (unpaired) electrons. The van der Waals surface area contributed by atoms with E-state index in [1.54, 1.807) is 4.90 Å². The van der Waals surface area contributed by atoms with E-state index in [9.17, 15) is 13.6 Å². The van der Waals surface area contributed by atoms with Gasteiger partial charge in [0.25, 0.3) is 5.91 Å². The average molecular weight is 473 g/mol. The zero-order valence-corrected chi connectivity index (χ0v) is 18.2. The van der Waals surface area contributed by atoms with E-state index in [1.807, 2.05) is 32.0 Å². The Morgan fingerprint density at radius 1 is 1.32 bits per heavy atom. The normalized spacial score (nSPS) is 32.1. The fourth-order valence-electron chi connectivity index (χ4n) is 5.37. The average Bonchev–Trinajstić information content (AvgIpc) is 3.03. The van der Waals surface area contributed by atoms with Crippen molar-refractivity contribution in [2.24, 2.45) is 5.41 Å². The number of benzene rings is 1. The van der Waals surface area contributed by atoms with Gasteiger partial charge in [0.05, 0.1) is 6.10 Å². The number of rotatable bonds is 3. The Bertz CT molecular complexity index is 826. The van der Waals surface area contributed by atoms with Crippen LogP contribution in [0.25, 0.3) is 0 Å². The largest absolute Gasteiger partial charge is 0.345 e. The van der Waals surface area contributed by atoms with E-state index < -0.39 is 23.7 Å². The topological polar surface area (TPSA) is 41.6 Å². The second kappa shape index (κ2) is 6.99. The molecule has 1 aromatic carbocycles. The summed E-state index contributed by atoms with van der Waals surface area (Å²) in [5, 5.41) is 3.85. The highest BCUT2D eigenvalue weighted by atomic mass is 79.9. The van der Waals surface area contributed by atoms with Gasteiger partial charge in [0.15, 0.2) is 10.7 Å². The molecule has 8 heteroatoms. The maximum absolute atomic E-state index is 13.8. The van der Waals surface area contributed by atoms with Crippen molar-refractivity contribution in [3.05, 3.63) is 33.8 Å². The summed E-state index contributed by atoms with van der Waals surface area (Å²) in [6.45, 7) is 1.13. The molecular weight excluding hydrogens is 450 g/mol. The minimum Gasteiger partial charge on any atom is -0.344 e. The first kappa shape index (κ1) is 20.2. The SMILES string of the molecule is CC(C)N1C(=O)C2(NC1=S)c1cc(Br)ccc1CC21CCC(OC(F)F)CC1. The number of amides is 1. The van der Waals surface area contributed by atoms with Crippen molar-refractivity contribution in [2.75, 3.05) is 0 Å². The Balaban J connectivity index is 1.78. The summed E-state index contributed by atoms with van der Waals surface area (Å²) in [5.41, 5.74) is 0.725. The number of halogens is 3. The van der Waals surface area contributed by atoms with Crippen LogP contribution in [0.3, 0.4) is 0 Å². The molecule has 1 atom stereocenters. The molecule has 1 saturated heterocycles. The van der Waals surface area contributed by atoms with Crippen molar-refractivity contribution < 1.29 is 18.3 Å². The molecular formula is C20H23BrF2N2O2S. The van der Waals surface area contributed by atoms with E-state index in [0.717, 1.165) is 22.0 Å². The number of nitrogens with zero attached hydrogens (tertiary/aromatic N) is 1. The van der Waals surface area contributed by atoms with E-state index >= 15 is 0 Å². The fraction of sp³-hybridized carbons (Fsp3) is 0.600. The molecule has 2 spiro atoms. The van der Waals surface area contributed by atoms with Crippen molar-refractivity contribution in [2.45, 2.75) is 70.2 Å². The molecule has 0 aromatic heterocycles. The molecule has 28 heavy (non-hydrogen) atoms. The lowest BCUT2D eigenvalue weighted by atomic mass is 9.61. The highest BCUT2D eigenvalue weighted by molar-refractivity contribution is 9.10. The lowest BCUT2D eigenvalue weighted by Crippen LogP contribution is -2.57. The Morgan fingerprint density at radius 2 is 2.00 bits per heavy atom. The number of ether oxygens (including phenoxy) is 1. The predicted molar refractivity (Wildman–Crippen MR) is 109 cm³/mol. The van der Waals surface area contributed by atoms with Crippen LogP contribution in [0, 0.1) is 5.41 Å². The number of hydrogen-bond donors (Lipinski definition) is 1. The van der Waals surface area contributed by atoms with Crippen LogP contribution in [0.5, 0.6) is 0 Å². The lowest BCUT2D eigenvalue weighted by Gasteiger charge is -2.46. The fourth-order valence-corrected chi connectivity index (χ4v) is 6.18. The summed E-state index contributed by atoms with van der Waals surface area (Å²) in [6, 6.07) is 5.98. The highest BCUT2D eigenvalue weighted by Gasteiger charge is 2.67. The Morgan fingerprint density at radius 3 is 2.57 bits per heavy atom. The number of carbonyl (C=O) groups excluding carboxylic acids is 1. The maximum atomic E-state index is 13.8. The number of hydrogen-bond acceptors (Lipinski definition) is 3. The third-order valence-electron chi connectivity index (χ3n) is 6.55. The number of thiocarbonyl (C=S) groups is 1. The van der Waals surface area contributed by atoms with Gasteiger partial charge in [0, 0.05) is 15.9 Å². The molecule has 1 N–H and O–H groups in total. The van der Waals surface area contributed by atoms with Gasteiger partial charge >= 0.3 is 6.61 Å². The van der Waals surface area contributed by atoms with E-state index in [2.05, 4.69) is 21.2 Å². The third-order valence-corrected chi connectivity index (χ3v) is 7.35. The summed E-state index contributed by atoms with van der Waals surface area (Å²) in [7, 11) is 0. The van der Waals surface area contributed by atoms with Crippen LogP contribution in [-0.4, -0.2) is 34.7 Å². The molecule has 1 saturated carbocycles. The minimum absolute atomic E-state index is 0.0300. The molecule has 152 valence electrons. The standard InChI is InChI=1S/C20H23BrF2N2O2S/c1-11(2)25-16(26)20(24-18(25)28)15-9-13(21)4-3-12(15)10-19(20)7-5-14(6-8-19)27-17(22)23/h3-4,9,11,14,17H,5-8,10H2,1-2H3,(H,24,28). The van der Waals surface area contributed by atoms with Gasteiger partial charge in [0.1, 0.15) is 0 Å². The predicted octanol–water partition coefficient (Wildman–Crippen LogP) is 4.49. The van der Waals surface area contributed by atoms with E-state index in [0.29, 0.717) is 30.8 Å². The molecule has 1 heterocycles. The van der Waals surface area contributed by atoms with Crippen molar-refractivity contribution in [1.82, 2.24) is 10.2 Å². The van der Waals surface area contributed by atoms with Gasteiger partial charge in [-0.25, -0.2) is 0 Å². The zero-order chi connectivity index (χ0) is 20.3. The number of fused-ring (bicyclic) bond motifs is 3. The van der Waals surface area contributed by atoms with Gasteiger partial charge in [-0.05, 0) is 81.4 Å². The Labute approximate surface area is 177 Å². The smallest absolute Gasteiger partial charge is 0.344 e. The van der Waals surface area contributed by atoms with E-state index in [-0.39, 0.29) is 11.9 Å². The third kappa shape index (κ3) is 2.82. The van der Waals surface area contributed by atoms with Gasteiger partial charge in [-0.3, -0.25) is 9.69 Å². The number of nitrogens with one attached hydrogen (secondary N) is 1. The lowest BCUT2D eigenvalue weighted by molar-refractivity contribution is -0.179. The molecule has 1 unspecified atom stereocenters. The molecule has 2 aliphatic carbocycles. The molecule has 1 aromatic rings. The van der Waals surface area contributed by atoms with Gasteiger partial charge in [-0.2, -0.15) is 8.78 Å². The van der Waals surface area contributed by atoms with Gasteiger partial charge in [0.2, 0.25) is 0 Å². The molecule has 4 nitrogen and oxygen atoms in total. The van der Waals surface area contributed by atoms with Crippen LogP contribution in [0.15, 0.2) is 22.7 Å². The monoisotopic (exact) mass is 472 g/mol.